The summed E-state index contributed by atoms with van der Waals surface area (Å²) in [6.07, 6.45) is 0. The number of thioether (sulfide) groups is 1. The maximum absolute atomic E-state index is 8.82. The average Bonchev–Trinajstić information content (AvgIpc) is 2.47. The Hall–Kier alpha value is 0.1000. The highest BCUT2D eigenvalue weighted by molar-refractivity contribution is 7.99. The Morgan fingerprint density at radius 2 is 2.36 bits per heavy atom. The van der Waals surface area contributed by atoms with Crippen LogP contribution in [0.25, 0.3) is 0 Å². The SMILES string of the molecule is CCSC/C(=N/O)c1cc(Cl)sc1Cl. The van der Waals surface area contributed by atoms with Gasteiger partial charge in [-0.1, -0.05) is 35.3 Å². The molecule has 0 aliphatic rings. The van der Waals surface area contributed by atoms with E-state index in [9.17, 15) is 0 Å². The van der Waals surface area contributed by atoms with E-state index in [1.807, 2.05) is 6.92 Å². The van der Waals surface area contributed by atoms with E-state index in [-0.39, 0.29) is 0 Å². The Morgan fingerprint density at radius 1 is 1.64 bits per heavy atom. The summed E-state index contributed by atoms with van der Waals surface area (Å²) < 4.78 is 1.17. The largest absolute Gasteiger partial charge is 0.411 e. The molecule has 0 spiro atoms. The number of rotatable bonds is 4. The fourth-order valence-corrected chi connectivity index (χ4v) is 3.01. The zero-order valence-electron chi connectivity index (χ0n) is 7.46. The minimum absolute atomic E-state index is 0.569. The summed E-state index contributed by atoms with van der Waals surface area (Å²) in [5, 5.41) is 12.0. The Kier molecular flexibility index (Phi) is 5.09. The highest BCUT2D eigenvalue weighted by Crippen LogP contribution is 2.32. The summed E-state index contributed by atoms with van der Waals surface area (Å²) in [4.78, 5) is 0. The number of thiophene rings is 1. The topological polar surface area (TPSA) is 32.6 Å². The summed E-state index contributed by atoms with van der Waals surface area (Å²) in [6, 6.07) is 1.72. The van der Waals surface area contributed by atoms with E-state index in [1.165, 1.54) is 11.3 Å². The van der Waals surface area contributed by atoms with Crippen molar-refractivity contribution in [2.75, 3.05) is 11.5 Å². The minimum Gasteiger partial charge on any atom is -0.411 e. The smallest absolute Gasteiger partial charge is 0.104 e. The van der Waals surface area contributed by atoms with Gasteiger partial charge >= 0.3 is 0 Å². The maximum Gasteiger partial charge on any atom is 0.104 e. The molecule has 1 heterocycles. The minimum atomic E-state index is 0.569. The van der Waals surface area contributed by atoms with Gasteiger partial charge in [-0.25, -0.2) is 0 Å². The first kappa shape index (κ1) is 12.2. The molecule has 0 atom stereocenters. The molecule has 1 N–H and O–H groups in total. The van der Waals surface area contributed by atoms with E-state index >= 15 is 0 Å². The van der Waals surface area contributed by atoms with Crippen molar-refractivity contribution in [3.8, 4) is 0 Å². The van der Waals surface area contributed by atoms with Crippen molar-refractivity contribution in [1.29, 1.82) is 0 Å². The van der Waals surface area contributed by atoms with E-state index in [0.29, 0.717) is 20.1 Å². The molecule has 0 unspecified atom stereocenters. The van der Waals surface area contributed by atoms with Crippen LogP contribution in [0.15, 0.2) is 11.2 Å². The monoisotopic (exact) mass is 269 g/mol. The molecule has 0 aliphatic carbocycles. The van der Waals surface area contributed by atoms with Crippen molar-refractivity contribution >= 4 is 52.0 Å². The molecule has 14 heavy (non-hydrogen) atoms. The van der Waals surface area contributed by atoms with E-state index in [1.54, 1.807) is 17.8 Å². The normalized spacial score (nSPS) is 12.1. The molecule has 0 fully saturated rings. The molecule has 0 saturated carbocycles. The van der Waals surface area contributed by atoms with Crippen LogP contribution in [0, 0.1) is 0 Å². The molecule has 6 heteroatoms. The first-order valence-electron chi connectivity index (χ1n) is 3.93. The second-order valence-corrected chi connectivity index (χ2v) is 5.98. The molecule has 0 amide bonds. The van der Waals surface area contributed by atoms with Gasteiger partial charge in [0.15, 0.2) is 0 Å². The zero-order chi connectivity index (χ0) is 10.6. The van der Waals surface area contributed by atoms with Crippen LogP contribution in [0.5, 0.6) is 0 Å². The van der Waals surface area contributed by atoms with Crippen molar-refractivity contribution in [2.24, 2.45) is 5.16 Å². The van der Waals surface area contributed by atoms with Crippen LogP contribution in [-0.2, 0) is 0 Å². The average molecular weight is 270 g/mol. The maximum atomic E-state index is 8.82. The van der Waals surface area contributed by atoms with Gasteiger partial charge in [-0.15, -0.1) is 11.3 Å². The zero-order valence-corrected chi connectivity index (χ0v) is 10.6. The van der Waals surface area contributed by atoms with Gasteiger partial charge in [0.1, 0.15) is 4.34 Å². The Balaban J connectivity index is 2.84. The second kappa shape index (κ2) is 5.85. The molecule has 0 radical (unpaired) electrons. The standard InChI is InChI=1S/C8H9Cl2NOS2/c1-2-13-4-6(11-12)5-3-7(9)14-8(5)10/h3,12H,2,4H2,1H3/b11-6-. The molecule has 1 aromatic rings. The van der Waals surface area contributed by atoms with Gasteiger partial charge in [-0.2, -0.15) is 11.8 Å². The van der Waals surface area contributed by atoms with Crippen LogP contribution < -0.4 is 0 Å². The second-order valence-electron chi connectivity index (χ2n) is 2.42. The lowest BCUT2D eigenvalue weighted by Gasteiger charge is -2.00. The van der Waals surface area contributed by atoms with E-state index in [4.69, 9.17) is 28.4 Å². The summed E-state index contributed by atoms with van der Waals surface area (Å²) in [5.41, 5.74) is 1.30. The Morgan fingerprint density at radius 3 is 2.79 bits per heavy atom. The first-order chi connectivity index (χ1) is 6.69. The quantitative estimate of drug-likeness (QED) is 0.510. The predicted molar refractivity (Wildman–Crippen MR) is 65.7 cm³/mol. The van der Waals surface area contributed by atoms with Gasteiger partial charge in [-0.05, 0) is 11.8 Å². The van der Waals surface area contributed by atoms with Crippen molar-refractivity contribution < 1.29 is 5.21 Å². The van der Waals surface area contributed by atoms with Gasteiger partial charge in [0, 0.05) is 11.3 Å². The van der Waals surface area contributed by atoms with Crippen LogP contribution in [0.1, 0.15) is 12.5 Å². The molecule has 78 valence electrons. The molecule has 0 aliphatic heterocycles. The Bertz CT molecular complexity index is 338. The number of halogens is 2. The van der Waals surface area contributed by atoms with Crippen LogP contribution >= 0.6 is 46.3 Å². The molecule has 0 saturated heterocycles. The third kappa shape index (κ3) is 3.05. The van der Waals surface area contributed by atoms with Gasteiger partial charge in [0.2, 0.25) is 0 Å². The summed E-state index contributed by atoms with van der Waals surface area (Å²) in [5.74, 6) is 1.61. The van der Waals surface area contributed by atoms with Gasteiger partial charge in [0.05, 0.1) is 10.0 Å². The number of hydrogen-bond acceptors (Lipinski definition) is 4. The van der Waals surface area contributed by atoms with Crippen LogP contribution in [0.4, 0.5) is 0 Å². The van der Waals surface area contributed by atoms with Gasteiger partial charge in [0.25, 0.3) is 0 Å². The molecule has 1 aromatic heterocycles. The molecule has 1 rings (SSSR count). The number of nitrogens with zero attached hydrogens (tertiary/aromatic N) is 1. The lowest BCUT2D eigenvalue weighted by molar-refractivity contribution is 0.319. The van der Waals surface area contributed by atoms with Crippen molar-refractivity contribution in [2.45, 2.75) is 6.92 Å². The summed E-state index contributed by atoms with van der Waals surface area (Å²) in [6.45, 7) is 2.04. The van der Waals surface area contributed by atoms with E-state index in [2.05, 4.69) is 5.16 Å². The third-order valence-corrected chi connectivity index (χ3v) is 3.90. The fraction of sp³-hybridized carbons (Fsp3) is 0.375. The molecule has 0 aromatic carbocycles. The lowest BCUT2D eigenvalue weighted by Crippen LogP contribution is -2.03. The summed E-state index contributed by atoms with van der Waals surface area (Å²) in [7, 11) is 0. The molecule has 2 nitrogen and oxygen atoms in total. The fourth-order valence-electron chi connectivity index (χ4n) is 0.896. The van der Waals surface area contributed by atoms with Crippen LogP contribution in [-0.4, -0.2) is 22.4 Å². The van der Waals surface area contributed by atoms with E-state index in [0.717, 1.165) is 11.3 Å². The number of hydrogen-bond donors (Lipinski definition) is 1. The van der Waals surface area contributed by atoms with Crippen LogP contribution in [0.2, 0.25) is 8.67 Å². The summed E-state index contributed by atoms with van der Waals surface area (Å²) >= 11 is 14.7. The molecular weight excluding hydrogens is 261 g/mol. The van der Waals surface area contributed by atoms with Crippen LogP contribution in [0.3, 0.4) is 0 Å². The van der Waals surface area contributed by atoms with Crippen molar-refractivity contribution in [3.63, 3.8) is 0 Å². The lowest BCUT2D eigenvalue weighted by atomic mass is 10.2. The Labute approximate surface area is 101 Å². The van der Waals surface area contributed by atoms with Crippen molar-refractivity contribution in [1.82, 2.24) is 0 Å². The highest BCUT2D eigenvalue weighted by atomic mass is 35.5. The van der Waals surface area contributed by atoms with Crippen molar-refractivity contribution in [3.05, 3.63) is 20.3 Å². The van der Waals surface area contributed by atoms with E-state index < -0.39 is 0 Å². The highest BCUT2D eigenvalue weighted by Gasteiger charge is 2.12. The predicted octanol–water partition coefficient (Wildman–Crippen LogP) is 3.99. The first-order valence-corrected chi connectivity index (χ1v) is 6.65. The number of oxime groups is 1. The molecule has 0 bridgehead atoms. The third-order valence-electron chi connectivity index (χ3n) is 1.53. The molecular formula is C8H9Cl2NOS2. The van der Waals surface area contributed by atoms with Gasteiger partial charge < -0.3 is 5.21 Å². The van der Waals surface area contributed by atoms with Gasteiger partial charge in [-0.3, -0.25) is 0 Å².